The van der Waals surface area contributed by atoms with Crippen LogP contribution in [-0.2, 0) is 25.4 Å². The second-order valence-electron chi connectivity index (χ2n) is 1.87. The molecule has 0 saturated carbocycles. The van der Waals surface area contributed by atoms with Crippen LogP contribution < -0.4 is 0 Å². The van der Waals surface area contributed by atoms with Gasteiger partial charge in [0.2, 0.25) is 0 Å². The van der Waals surface area contributed by atoms with Crippen molar-refractivity contribution in [2.24, 2.45) is 0 Å². The Kier molecular flexibility index (Phi) is 6.90. The standard InChI is InChI=1S/C7H15O3PS/c1-4-7-10-11(12,8-5-2)9-6-3/h4H,1,5-7H2,2-3H3. The topological polar surface area (TPSA) is 27.7 Å². The Morgan fingerprint density at radius 2 is 1.75 bits per heavy atom. The third-order valence-electron chi connectivity index (χ3n) is 0.925. The molecule has 0 aromatic heterocycles. The highest BCUT2D eigenvalue weighted by atomic mass is 32.5. The molecule has 0 rings (SSSR count). The average molecular weight is 210 g/mol. The molecule has 0 bridgehead atoms. The van der Waals surface area contributed by atoms with Crippen LogP contribution >= 0.6 is 6.72 Å². The molecule has 0 aromatic carbocycles. The van der Waals surface area contributed by atoms with Crippen molar-refractivity contribution < 1.29 is 13.6 Å². The summed E-state index contributed by atoms with van der Waals surface area (Å²) in [6.07, 6.45) is 1.62. The minimum Gasteiger partial charge on any atom is -0.309 e. The zero-order chi connectivity index (χ0) is 9.45. The first-order chi connectivity index (χ1) is 5.68. The van der Waals surface area contributed by atoms with Gasteiger partial charge in [0, 0.05) is 0 Å². The van der Waals surface area contributed by atoms with Crippen molar-refractivity contribution in [1.82, 2.24) is 0 Å². The summed E-state index contributed by atoms with van der Waals surface area (Å²) in [5, 5.41) is 0. The predicted octanol–water partition coefficient (Wildman–Crippen LogP) is 2.49. The molecule has 0 amide bonds. The van der Waals surface area contributed by atoms with Crippen LogP contribution in [0.4, 0.5) is 0 Å². The Hall–Kier alpha value is 0.270. The number of hydrogen-bond acceptors (Lipinski definition) is 4. The summed E-state index contributed by atoms with van der Waals surface area (Å²) in [4.78, 5) is 0. The quantitative estimate of drug-likeness (QED) is 0.476. The van der Waals surface area contributed by atoms with Crippen molar-refractivity contribution in [1.29, 1.82) is 0 Å². The van der Waals surface area contributed by atoms with E-state index in [2.05, 4.69) is 6.58 Å². The van der Waals surface area contributed by atoms with E-state index >= 15 is 0 Å². The molecule has 0 N–H and O–H groups in total. The average Bonchev–Trinajstić information content (AvgIpc) is 2.02. The van der Waals surface area contributed by atoms with Gasteiger partial charge in [-0.15, -0.1) is 6.58 Å². The van der Waals surface area contributed by atoms with Crippen molar-refractivity contribution in [3.8, 4) is 0 Å². The normalized spacial score (nSPS) is 11.5. The van der Waals surface area contributed by atoms with E-state index in [9.17, 15) is 0 Å². The van der Waals surface area contributed by atoms with Crippen LogP contribution in [0, 0.1) is 0 Å². The van der Waals surface area contributed by atoms with Crippen LogP contribution in [0.5, 0.6) is 0 Å². The van der Waals surface area contributed by atoms with Gasteiger partial charge in [0.05, 0.1) is 19.8 Å². The van der Waals surface area contributed by atoms with E-state index in [0.717, 1.165) is 0 Å². The molecule has 0 spiro atoms. The summed E-state index contributed by atoms with van der Waals surface area (Å²) in [7, 11) is 0. The maximum absolute atomic E-state index is 5.22. The van der Waals surface area contributed by atoms with E-state index < -0.39 is 6.72 Å². The van der Waals surface area contributed by atoms with Gasteiger partial charge in [-0.2, -0.15) is 0 Å². The molecule has 5 heteroatoms. The fourth-order valence-corrected chi connectivity index (χ4v) is 2.53. The lowest BCUT2D eigenvalue weighted by molar-refractivity contribution is 0.178. The van der Waals surface area contributed by atoms with Gasteiger partial charge in [-0.1, -0.05) is 6.08 Å². The van der Waals surface area contributed by atoms with Gasteiger partial charge in [0.25, 0.3) is 0 Å². The van der Waals surface area contributed by atoms with Crippen LogP contribution in [0.1, 0.15) is 13.8 Å². The SMILES string of the molecule is C=CCOP(=S)(OCC)OCC. The van der Waals surface area contributed by atoms with Crippen molar-refractivity contribution in [2.45, 2.75) is 13.8 Å². The van der Waals surface area contributed by atoms with Gasteiger partial charge < -0.3 is 13.6 Å². The van der Waals surface area contributed by atoms with Gasteiger partial charge in [-0.25, -0.2) is 0 Å². The van der Waals surface area contributed by atoms with E-state index in [1.54, 1.807) is 6.08 Å². The molecule has 0 radical (unpaired) electrons. The van der Waals surface area contributed by atoms with Crippen molar-refractivity contribution in [3.63, 3.8) is 0 Å². The number of rotatable bonds is 7. The summed E-state index contributed by atoms with van der Waals surface area (Å²) in [5.74, 6) is 0. The van der Waals surface area contributed by atoms with E-state index in [0.29, 0.717) is 19.8 Å². The zero-order valence-electron chi connectivity index (χ0n) is 7.49. The molecule has 0 unspecified atom stereocenters. The molecule has 0 aliphatic carbocycles. The molecule has 0 aromatic rings. The summed E-state index contributed by atoms with van der Waals surface area (Å²) in [6.45, 7) is 6.15. The van der Waals surface area contributed by atoms with Crippen molar-refractivity contribution in [2.75, 3.05) is 19.8 Å². The van der Waals surface area contributed by atoms with E-state index in [1.165, 1.54) is 0 Å². The molecule has 3 nitrogen and oxygen atoms in total. The Labute approximate surface area is 79.0 Å². The molecular formula is C7H15O3PS. The van der Waals surface area contributed by atoms with E-state index in [1.807, 2.05) is 13.8 Å². The monoisotopic (exact) mass is 210 g/mol. The third kappa shape index (κ3) is 5.01. The van der Waals surface area contributed by atoms with Crippen molar-refractivity contribution in [3.05, 3.63) is 12.7 Å². The van der Waals surface area contributed by atoms with Gasteiger partial charge in [-0.3, -0.25) is 0 Å². The van der Waals surface area contributed by atoms with E-state index in [-0.39, 0.29) is 0 Å². The van der Waals surface area contributed by atoms with Crippen LogP contribution in [0.3, 0.4) is 0 Å². The van der Waals surface area contributed by atoms with Gasteiger partial charge in [0.1, 0.15) is 0 Å². The highest BCUT2D eigenvalue weighted by Crippen LogP contribution is 2.49. The minimum absolute atomic E-state index is 0.372. The first-order valence-corrected chi connectivity index (χ1v) is 6.38. The lowest BCUT2D eigenvalue weighted by Gasteiger charge is -2.19. The highest BCUT2D eigenvalue weighted by Gasteiger charge is 2.17. The molecule has 0 aliphatic rings. The fourth-order valence-electron chi connectivity index (χ4n) is 0.572. The zero-order valence-corrected chi connectivity index (χ0v) is 9.20. The van der Waals surface area contributed by atoms with Gasteiger partial charge in [-0.05, 0) is 25.7 Å². The predicted molar refractivity (Wildman–Crippen MR) is 53.7 cm³/mol. The molecule has 0 fully saturated rings. The lowest BCUT2D eigenvalue weighted by atomic mass is 10.7. The molecule has 72 valence electrons. The molecule has 0 saturated heterocycles. The van der Waals surface area contributed by atoms with Crippen LogP contribution in [0.15, 0.2) is 12.7 Å². The maximum Gasteiger partial charge on any atom is 0.327 e. The molecular weight excluding hydrogens is 195 g/mol. The Balaban J connectivity index is 3.98. The molecule has 0 aliphatic heterocycles. The third-order valence-corrected chi connectivity index (χ3v) is 3.49. The summed E-state index contributed by atoms with van der Waals surface area (Å²) in [5.41, 5.74) is 0. The first-order valence-electron chi connectivity index (χ1n) is 3.83. The Morgan fingerprint density at radius 1 is 1.25 bits per heavy atom. The fraction of sp³-hybridized carbons (Fsp3) is 0.714. The molecule has 12 heavy (non-hydrogen) atoms. The molecule has 0 atom stereocenters. The smallest absolute Gasteiger partial charge is 0.309 e. The van der Waals surface area contributed by atoms with Crippen LogP contribution in [0.2, 0.25) is 0 Å². The van der Waals surface area contributed by atoms with Gasteiger partial charge >= 0.3 is 6.72 Å². The summed E-state index contributed by atoms with van der Waals surface area (Å²) < 4.78 is 15.6. The highest BCUT2D eigenvalue weighted by molar-refractivity contribution is 8.07. The van der Waals surface area contributed by atoms with E-state index in [4.69, 9.17) is 25.4 Å². The number of hydrogen-bond donors (Lipinski definition) is 0. The maximum atomic E-state index is 5.22. The minimum atomic E-state index is -2.47. The lowest BCUT2D eigenvalue weighted by Crippen LogP contribution is -1.99. The van der Waals surface area contributed by atoms with Crippen molar-refractivity contribution >= 4 is 18.5 Å². The Bertz CT molecular complexity index is 162. The van der Waals surface area contributed by atoms with Crippen LogP contribution in [-0.4, -0.2) is 19.8 Å². The second-order valence-corrected chi connectivity index (χ2v) is 4.88. The van der Waals surface area contributed by atoms with Gasteiger partial charge in [0.15, 0.2) is 0 Å². The Morgan fingerprint density at radius 3 is 2.08 bits per heavy atom. The second kappa shape index (κ2) is 6.75. The largest absolute Gasteiger partial charge is 0.327 e. The summed E-state index contributed by atoms with van der Waals surface area (Å²) >= 11 is 5.06. The molecule has 0 heterocycles. The first kappa shape index (κ1) is 12.3. The summed E-state index contributed by atoms with van der Waals surface area (Å²) in [6, 6.07) is 0. The van der Waals surface area contributed by atoms with Crippen LogP contribution in [0.25, 0.3) is 0 Å².